The Morgan fingerprint density at radius 1 is 0.283 bits per heavy atom. The first-order valence-corrected chi connectivity index (χ1v) is 34.6. The van der Waals surface area contributed by atoms with Gasteiger partial charge in [-0.25, -0.2) is 29.3 Å². The number of alkyl halides is 9. The molecule has 0 unspecified atom stereocenters. The van der Waals surface area contributed by atoms with Gasteiger partial charge >= 0.3 is 24.5 Å². The number of rotatable bonds is 12. The zero-order valence-corrected chi connectivity index (χ0v) is 61.1. The summed E-state index contributed by atoms with van der Waals surface area (Å²) in [5, 5.41) is 9.67. The molecular weight excluding hydrogens is 1490 g/mol. The molecule has 0 aliphatic carbocycles. The average Bonchev–Trinajstić information content (AvgIpc) is 1.71. The van der Waals surface area contributed by atoms with E-state index in [1.807, 2.05) is 0 Å². The third kappa shape index (κ3) is 10.3. The topological polar surface area (TPSA) is 262 Å². The van der Waals surface area contributed by atoms with Crippen molar-refractivity contribution in [3.8, 4) is 0 Å². The smallest absolute Gasteiger partial charge is 0.402 e. The quantitative estimate of drug-likeness (QED) is 0.0881. The summed E-state index contributed by atoms with van der Waals surface area (Å²) in [4.78, 5) is 187. The lowest BCUT2D eigenvalue weighted by Gasteiger charge is -2.33. The molecule has 6 heterocycles. The predicted octanol–water partition coefficient (Wildman–Crippen LogP) is 15.4. The lowest BCUT2D eigenvalue weighted by Crippen LogP contribution is -2.41. The predicted molar refractivity (Wildman–Crippen MR) is 388 cm³/mol. The summed E-state index contributed by atoms with van der Waals surface area (Å²) in [7, 11) is 1.17. The van der Waals surface area contributed by atoms with Gasteiger partial charge in [-0.2, -0.15) is 39.5 Å². The van der Waals surface area contributed by atoms with Gasteiger partial charge in [0, 0.05) is 7.05 Å². The van der Waals surface area contributed by atoms with Gasteiger partial charge in [0.2, 0.25) is 0 Å². The summed E-state index contributed by atoms with van der Waals surface area (Å²) in [5.41, 5.74) is -17.7. The number of benzene rings is 9. The van der Waals surface area contributed by atoms with Crippen molar-refractivity contribution in [3.05, 3.63) is 284 Å². The number of carboxylic acid groups (broad SMARTS) is 1. The molecule has 0 saturated heterocycles. The van der Waals surface area contributed by atoms with E-state index in [2.05, 4.69) is 0 Å². The molecule has 1 N–H and O–H groups in total. The van der Waals surface area contributed by atoms with Crippen molar-refractivity contribution in [2.45, 2.75) is 104 Å². The summed E-state index contributed by atoms with van der Waals surface area (Å²) in [6.07, 6.45) is -15.6. The van der Waals surface area contributed by atoms with Crippen LogP contribution in [0.15, 0.2) is 140 Å². The molecule has 3 atom stereocenters. The Bertz CT molecular complexity index is 6130. The number of carbonyl (C=O) groups is 13. The van der Waals surface area contributed by atoms with Crippen molar-refractivity contribution in [1.29, 1.82) is 0 Å². The Morgan fingerprint density at radius 3 is 0.743 bits per heavy atom. The molecule has 9 aromatic rings. The number of carbonyl (C=O) groups excluding carboxylic acids is 12. The number of fused-ring (bicyclic) bond motifs is 6. The van der Waals surface area contributed by atoms with E-state index < -0.39 is 178 Å². The summed E-state index contributed by atoms with van der Waals surface area (Å²) < 4.78 is 143. The monoisotopic (exact) mass is 1540 g/mol. The number of nitrogens with zero attached hydrogens (tertiary/aromatic N) is 6. The third-order valence-corrected chi connectivity index (χ3v) is 22.9. The molecule has 113 heavy (non-hydrogen) atoms. The molecule has 0 bridgehead atoms. The van der Waals surface area contributed by atoms with E-state index in [1.54, 1.807) is 0 Å². The number of aryl methyl sites for hydroxylation is 5. The van der Waals surface area contributed by atoms with Crippen LogP contribution in [0.5, 0.6) is 0 Å². The molecule has 6 aliphatic rings. The number of hydrogen-bond acceptors (Lipinski definition) is 13. The van der Waals surface area contributed by atoms with Gasteiger partial charge in [0.15, 0.2) is 0 Å². The molecule has 6 aliphatic heterocycles. The van der Waals surface area contributed by atoms with Crippen molar-refractivity contribution < 1.29 is 107 Å². The van der Waals surface area contributed by atoms with Gasteiger partial charge in [0.05, 0.1) is 101 Å². The van der Waals surface area contributed by atoms with Crippen molar-refractivity contribution in [3.63, 3.8) is 0 Å². The summed E-state index contributed by atoms with van der Waals surface area (Å²) in [6.45, 7) is 12.4. The first-order valence-electron chi connectivity index (χ1n) is 34.6. The molecule has 15 rings (SSSR count). The molecule has 0 aromatic heterocycles. The highest BCUT2D eigenvalue weighted by Gasteiger charge is 2.59. The molecular formula is C84H57F9N6O14. The van der Waals surface area contributed by atoms with Gasteiger partial charge in [-0.05, 0) is 233 Å². The molecule has 0 fully saturated rings. The van der Waals surface area contributed by atoms with Gasteiger partial charge in [-0.3, -0.25) is 62.4 Å². The second kappa shape index (κ2) is 24.6. The van der Waals surface area contributed by atoms with Crippen LogP contribution in [0.4, 0.5) is 68.0 Å². The maximum absolute atomic E-state index is 16.3. The normalized spacial score (nSPS) is 17.1. The van der Waals surface area contributed by atoms with E-state index in [9.17, 15) is 67.4 Å². The van der Waals surface area contributed by atoms with Crippen LogP contribution in [-0.2, 0) is 16.2 Å². The lowest BCUT2D eigenvalue weighted by atomic mass is 9.74. The minimum atomic E-state index is -5.31. The van der Waals surface area contributed by atoms with Gasteiger partial charge in [-0.15, -0.1) is 0 Å². The Balaban J connectivity index is 0.712. The summed E-state index contributed by atoms with van der Waals surface area (Å²) in [5.74, 6) is -13.7. The molecule has 0 saturated carbocycles. The summed E-state index contributed by atoms with van der Waals surface area (Å²) >= 11 is 0. The average molecular weight is 1550 g/mol. The Labute approximate surface area is 634 Å². The molecule has 12 amide bonds. The first kappa shape index (κ1) is 75.1. The van der Waals surface area contributed by atoms with Crippen molar-refractivity contribution in [2.24, 2.45) is 0 Å². The van der Waals surface area contributed by atoms with Gasteiger partial charge in [-0.1, -0.05) is 48.5 Å². The Hall–Kier alpha value is -13.3. The van der Waals surface area contributed by atoms with Gasteiger partial charge in [0.1, 0.15) is 16.2 Å². The minimum absolute atomic E-state index is 0.0614. The molecule has 9 aromatic carbocycles. The maximum atomic E-state index is 16.3. The fourth-order valence-corrected chi connectivity index (χ4v) is 16.7. The number of anilines is 5. The van der Waals surface area contributed by atoms with Crippen LogP contribution in [0.1, 0.15) is 228 Å². The molecule has 29 heteroatoms. The fourth-order valence-electron chi connectivity index (χ4n) is 16.7. The van der Waals surface area contributed by atoms with Crippen molar-refractivity contribution in [2.75, 3.05) is 31.5 Å². The maximum Gasteiger partial charge on any atom is 0.402 e. The minimum Gasteiger partial charge on any atom is -0.478 e. The van der Waals surface area contributed by atoms with E-state index in [-0.39, 0.29) is 101 Å². The van der Waals surface area contributed by atoms with Crippen LogP contribution in [0.3, 0.4) is 0 Å². The molecule has 0 radical (unpaired) electrons. The number of halogens is 9. The Morgan fingerprint density at radius 2 is 0.496 bits per heavy atom. The van der Waals surface area contributed by atoms with Crippen LogP contribution < -0.4 is 24.5 Å². The third-order valence-electron chi connectivity index (χ3n) is 22.9. The first-order chi connectivity index (χ1) is 52.7. The largest absolute Gasteiger partial charge is 0.478 e. The highest BCUT2D eigenvalue weighted by atomic mass is 19.4. The highest BCUT2D eigenvalue weighted by Crippen LogP contribution is 2.54. The van der Waals surface area contributed by atoms with E-state index >= 15 is 39.5 Å². The van der Waals surface area contributed by atoms with Gasteiger partial charge in [0.25, 0.3) is 70.9 Å². The number of amides is 12. The number of carboxylic acids is 1. The standard InChI is InChI=1S/C84H57F9N6O14/c1-35-24-42(78(112)113)28-49(25-35)95-68(102)51-19-13-44(30-57(51)73(95)107)80(9,83(88,89)90)46-15-21-53-59(32-46)75(109)97(70(53)104)63-37(3)27-39(5)65(41(63)7)99-72(106)55-23-17-48(34-61(55)77(99)111)81(10,84(91,92)93)47-16-22-54-60(33-47)76(110)98(71(54)105)64-38(4)26-36(2)62(40(64)6)96-69(103)52-20-14-45(31-58(52)74(96)108)79(8,82(85,86)87)43-12-18-50-56(29-43)67(101)94(11)66(50)100/h12-34H,1-11H3,(H,112,113)/t79-,80+,81-/m0/s1. The van der Waals surface area contributed by atoms with Crippen molar-refractivity contribution >= 4 is 105 Å². The number of imide groups is 6. The van der Waals surface area contributed by atoms with Crippen LogP contribution in [0.25, 0.3) is 0 Å². The molecule has 570 valence electrons. The van der Waals surface area contributed by atoms with E-state index in [0.29, 0.717) is 30.1 Å². The van der Waals surface area contributed by atoms with E-state index in [0.717, 1.165) is 141 Å². The van der Waals surface area contributed by atoms with E-state index in [4.69, 9.17) is 0 Å². The fraction of sp³-hybridized carbons (Fsp3) is 0.202. The van der Waals surface area contributed by atoms with Crippen LogP contribution in [-0.4, -0.2) is 112 Å². The second-order valence-electron chi connectivity index (χ2n) is 29.4. The SMILES string of the molecule is Cc1cc(C(=O)O)cc(N2C(=O)c3ccc([C@](C)(c4ccc5c(c4)C(=O)N(c4c(C)cc(C)c(N6C(=O)c7ccc([C@](C)(c8ccc9c(c8)C(=O)N(c8c(C)cc(C)c(N%10C(=O)c%11ccc([C@](C)(c%12ccc%13c(c%12)C(=O)N(C)C%13=O)C(F)(F)F)cc%11C%10=O)c8C)C9=O)C(F)(F)F)cc7C6=O)c4C)C5=O)C(F)(F)F)cc3C2=O)c1. The van der Waals surface area contributed by atoms with E-state index in [1.165, 1.54) is 79.8 Å². The Kier molecular flexibility index (Phi) is 16.3. The number of aromatic carboxylic acids is 1. The van der Waals surface area contributed by atoms with Crippen LogP contribution >= 0.6 is 0 Å². The zero-order chi connectivity index (χ0) is 82.1. The zero-order valence-electron chi connectivity index (χ0n) is 61.1. The van der Waals surface area contributed by atoms with Crippen LogP contribution in [0.2, 0.25) is 0 Å². The summed E-state index contributed by atoms with van der Waals surface area (Å²) in [6, 6.07) is 23.7. The highest BCUT2D eigenvalue weighted by molar-refractivity contribution is 6.40. The van der Waals surface area contributed by atoms with Crippen LogP contribution in [0, 0.1) is 48.5 Å². The lowest BCUT2D eigenvalue weighted by molar-refractivity contribution is -0.173. The number of hydrogen-bond donors (Lipinski definition) is 1. The van der Waals surface area contributed by atoms with Crippen molar-refractivity contribution in [1.82, 2.24) is 4.90 Å². The molecule has 0 spiro atoms. The van der Waals surface area contributed by atoms with Gasteiger partial charge < -0.3 is 5.11 Å². The second-order valence-corrected chi connectivity index (χ2v) is 29.4. The molecule has 20 nitrogen and oxygen atoms in total.